The molecular formula is C13H16N2O4. The molecule has 0 aliphatic heterocycles. The van der Waals surface area contributed by atoms with Gasteiger partial charge in [0.2, 0.25) is 0 Å². The molecule has 0 radical (unpaired) electrons. The van der Waals surface area contributed by atoms with Gasteiger partial charge in [-0.1, -0.05) is 0 Å². The number of benzene rings is 1. The summed E-state index contributed by atoms with van der Waals surface area (Å²) in [5.41, 5.74) is 0.862. The van der Waals surface area contributed by atoms with Crippen molar-refractivity contribution in [2.75, 3.05) is 25.2 Å². The number of nitro benzene ring substituents is 1. The fraction of sp³-hybridized carbons (Fsp3) is 0.462. The van der Waals surface area contributed by atoms with Crippen LogP contribution in [0.4, 0.5) is 11.4 Å². The largest absolute Gasteiger partial charge is 0.383 e. The first-order valence-electron chi connectivity index (χ1n) is 6.16. The maximum absolute atomic E-state index is 11.1. The highest BCUT2D eigenvalue weighted by Gasteiger charge is 2.32. The van der Waals surface area contributed by atoms with Gasteiger partial charge in [0.1, 0.15) is 12.0 Å². The van der Waals surface area contributed by atoms with Crippen LogP contribution in [-0.4, -0.2) is 37.5 Å². The Morgan fingerprint density at radius 1 is 1.53 bits per heavy atom. The maximum Gasteiger partial charge on any atom is 0.293 e. The Morgan fingerprint density at radius 2 is 2.26 bits per heavy atom. The number of hydrogen-bond acceptors (Lipinski definition) is 5. The summed E-state index contributed by atoms with van der Waals surface area (Å²) < 4.78 is 5.05. The van der Waals surface area contributed by atoms with E-state index in [1.807, 2.05) is 4.90 Å². The number of nitrogens with zero attached hydrogens (tertiary/aromatic N) is 2. The van der Waals surface area contributed by atoms with Gasteiger partial charge in [-0.3, -0.25) is 14.9 Å². The number of hydrogen-bond donors (Lipinski definition) is 0. The van der Waals surface area contributed by atoms with Gasteiger partial charge in [-0.15, -0.1) is 0 Å². The van der Waals surface area contributed by atoms with Crippen molar-refractivity contribution >= 4 is 17.7 Å². The zero-order chi connectivity index (χ0) is 13.8. The van der Waals surface area contributed by atoms with Crippen LogP contribution in [-0.2, 0) is 4.74 Å². The lowest BCUT2D eigenvalue weighted by Gasteiger charge is -2.24. The highest BCUT2D eigenvalue weighted by Crippen LogP contribution is 2.37. The highest BCUT2D eigenvalue weighted by molar-refractivity contribution is 5.79. The number of carbonyl (C=O) groups excluding carboxylic acids is 1. The van der Waals surface area contributed by atoms with Crippen molar-refractivity contribution in [3.8, 4) is 0 Å². The van der Waals surface area contributed by atoms with E-state index in [-0.39, 0.29) is 5.69 Å². The van der Waals surface area contributed by atoms with Crippen molar-refractivity contribution in [2.45, 2.75) is 18.9 Å². The average molecular weight is 264 g/mol. The molecule has 0 bridgehead atoms. The average Bonchev–Trinajstić information content (AvgIpc) is 3.23. The van der Waals surface area contributed by atoms with E-state index in [2.05, 4.69) is 0 Å². The van der Waals surface area contributed by atoms with Gasteiger partial charge in [0.15, 0.2) is 0 Å². The molecule has 19 heavy (non-hydrogen) atoms. The summed E-state index contributed by atoms with van der Waals surface area (Å²) in [6.45, 7) is 1.13. The van der Waals surface area contributed by atoms with Crippen LogP contribution >= 0.6 is 0 Å². The van der Waals surface area contributed by atoms with Gasteiger partial charge in [0.25, 0.3) is 5.69 Å². The Labute approximate surface area is 111 Å². The normalized spacial score (nSPS) is 14.2. The number of methoxy groups -OCH3 is 1. The summed E-state index contributed by atoms with van der Waals surface area (Å²) in [7, 11) is 1.61. The topological polar surface area (TPSA) is 72.7 Å². The first-order chi connectivity index (χ1) is 9.17. The van der Waals surface area contributed by atoms with E-state index in [1.165, 1.54) is 6.07 Å². The second-order valence-corrected chi connectivity index (χ2v) is 4.54. The Kier molecular flexibility index (Phi) is 4.11. The van der Waals surface area contributed by atoms with Crippen LogP contribution in [0.15, 0.2) is 18.2 Å². The molecule has 102 valence electrons. The van der Waals surface area contributed by atoms with Gasteiger partial charge in [0.05, 0.1) is 11.5 Å². The zero-order valence-corrected chi connectivity index (χ0v) is 10.7. The lowest BCUT2D eigenvalue weighted by Crippen LogP contribution is -2.30. The molecule has 0 amide bonds. The summed E-state index contributed by atoms with van der Waals surface area (Å²) in [5, 5.41) is 11.1. The smallest absolute Gasteiger partial charge is 0.293 e. The fourth-order valence-electron chi connectivity index (χ4n) is 2.08. The van der Waals surface area contributed by atoms with E-state index in [9.17, 15) is 14.9 Å². The third-order valence-electron chi connectivity index (χ3n) is 3.17. The van der Waals surface area contributed by atoms with Crippen molar-refractivity contribution in [1.29, 1.82) is 0 Å². The molecule has 6 heteroatoms. The number of ether oxygens (including phenoxy) is 1. The predicted molar refractivity (Wildman–Crippen MR) is 70.7 cm³/mol. The Bertz CT molecular complexity index is 486. The van der Waals surface area contributed by atoms with Crippen LogP contribution in [0.2, 0.25) is 0 Å². The number of anilines is 1. The Morgan fingerprint density at radius 3 is 2.79 bits per heavy atom. The van der Waals surface area contributed by atoms with E-state index >= 15 is 0 Å². The van der Waals surface area contributed by atoms with Crippen molar-refractivity contribution < 1.29 is 14.5 Å². The highest BCUT2D eigenvalue weighted by atomic mass is 16.6. The minimum atomic E-state index is -0.440. The third-order valence-corrected chi connectivity index (χ3v) is 3.17. The molecule has 1 fully saturated rings. The number of carbonyl (C=O) groups is 1. The van der Waals surface area contributed by atoms with Crippen molar-refractivity contribution in [1.82, 2.24) is 0 Å². The van der Waals surface area contributed by atoms with Crippen molar-refractivity contribution in [2.24, 2.45) is 0 Å². The molecule has 0 heterocycles. The van der Waals surface area contributed by atoms with Crippen molar-refractivity contribution in [3.63, 3.8) is 0 Å². The van der Waals surface area contributed by atoms with E-state index in [0.29, 0.717) is 36.7 Å². The SMILES string of the molecule is COCCN(c1ccc(C=O)cc1[N+](=O)[O-])C1CC1. The third kappa shape index (κ3) is 3.08. The molecule has 0 spiro atoms. The van der Waals surface area contributed by atoms with Crippen LogP contribution in [0, 0.1) is 10.1 Å². The van der Waals surface area contributed by atoms with Crippen LogP contribution < -0.4 is 4.90 Å². The number of aldehydes is 1. The molecule has 0 aromatic heterocycles. The minimum absolute atomic E-state index is 0.0207. The fourth-order valence-corrected chi connectivity index (χ4v) is 2.08. The van der Waals surface area contributed by atoms with Crippen LogP contribution in [0.5, 0.6) is 0 Å². The summed E-state index contributed by atoms with van der Waals surface area (Å²) in [4.78, 5) is 23.4. The summed E-state index contributed by atoms with van der Waals surface area (Å²) in [6.07, 6.45) is 2.69. The summed E-state index contributed by atoms with van der Waals surface area (Å²) in [5.74, 6) is 0. The van der Waals surface area contributed by atoms with Crippen LogP contribution in [0.3, 0.4) is 0 Å². The van der Waals surface area contributed by atoms with Crippen molar-refractivity contribution in [3.05, 3.63) is 33.9 Å². The summed E-state index contributed by atoms with van der Waals surface area (Å²) in [6, 6.07) is 4.92. The van der Waals surface area contributed by atoms with Gasteiger partial charge in [0, 0.05) is 31.3 Å². The molecule has 1 aromatic rings. The van der Waals surface area contributed by atoms with Crippen LogP contribution in [0.25, 0.3) is 0 Å². The van der Waals surface area contributed by atoms with E-state index in [4.69, 9.17) is 4.74 Å². The molecule has 0 N–H and O–H groups in total. The second-order valence-electron chi connectivity index (χ2n) is 4.54. The standard InChI is InChI=1S/C13H16N2O4/c1-19-7-6-14(11-3-4-11)12-5-2-10(9-16)8-13(12)15(17)18/h2,5,8-9,11H,3-4,6-7H2,1H3. The molecule has 1 saturated carbocycles. The number of nitro groups is 1. The minimum Gasteiger partial charge on any atom is -0.383 e. The van der Waals surface area contributed by atoms with E-state index in [1.54, 1.807) is 19.2 Å². The zero-order valence-electron chi connectivity index (χ0n) is 10.7. The molecule has 2 rings (SSSR count). The van der Waals surface area contributed by atoms with Gasteiger partial charge in [-0.25, -0.2) is 0 Å². The molecule has 0 atom stereocenters. The van der Waals surface area contributed by atoms with Gasteiger partial charge < -0.3 is 9.64 Å². The first-order valence-corrected chi connectivity index (χ1v) is 6.16. The lowest BCUT2D eigenvalue weighted by atomic mass is 10.1. The molecule has 0 saturated heterocycles. The molecule has 0 unspecified atom stereocenters. The monoisotopic (exact) mass is 264 g/mol. The van der Waals surface area contributed by atoms with Gasteiger partial charge in [-0.05, 0) is 25.0 Å². The molecule has 6 nitrogen and oxygen atoms in total. The quantitative estimate of drug-likeness (QED) is 0.428. The van der Waals surface area contributed by atoms with E-state index < -0.39 is 4.92 Å². The molecule has 1 aliphatic rings. The summed E-state index contributed by atoms with van der Waals surface area (Å²) >= 11 is 0. The second kappa shape index (κ2) is 5.79. The van der Waals surface area contributed by atoms with Gasteiger partial charge >= 0.3 is 0 Å². The molecule has 1 aliphatic carbocycles. The first kappa shape index (κ1) is 13.5. The van der Waals surface area contributed by atoms with E-state index in [0.717, 1.165) is 12.8 Å². The Hall–Kier alpha value is -1.95. The van der Waals surface area contributed by atoms with Gasteiger partial charge in [-0.2, -0.15) is 0 Å². The van der Waals surface area contributed by atoms with Crippen LogP contribution in [0.1, 0.15) is 23.2 Å². The maximum atomic E-state index is 11.1. The number of rotatable bonds is 7. The Balaban J connectivity index is 2.34. The molecular weight excluding hydrogens is 248 g/mol. The predicted octanol–water partition coefficient (Wildman–Crippen LogP) is 2.02. The lowest BCUT2D eigenvalue weighted by molar-refractivity contribution is -0.384. The molecule has 1 aromatic carbocycles.